The zero-order valence-electron chi connectivity index (χ0n) is 15.6. The lowest BCUT2D eigenvalue weighted by atomic mass is 9.76. The van der Waals surface area contributed by atoms with Crippen LogP contribution in [-0.2, 0) is 24.7 Å². The molecule has 2 fully saturated rings. The highest BCUT2D eigenvalue weighted by molar-refractivity contribution is 6.14. The molecule has 1 aromatic rings. The van der Waals surface area contributed by atoms with E-state index in [0.29, 0.717) is 17.7 Å². The second kappa shape index (κ2) is 6.10. The number of rotatable bonds is 4. The fraction of sp³-hybridized carbons (Fsp3) is 0.474. The number of imide groups is 1. The summed E-state index contributed by atoms with van der Waals surface area (Å²) in [6, 6.07) is 2.87. The maximum absolute atomic E-state index is 14.0. The Hall–Kier alpha value is -2.81. The molecular weight excluding hydrogens is 367 g/mol. The number of hydrogen-bond donors (Lipinski definition) is 3. The summed E-state index contributed by atoms with van der Waals surface area (Å²) < 4.78 is 14.0. The van der Waals surface area contributed by atoms with Crippen LogP contribution in [0, 0.1) is 17.7 Å². The van der Waals surface area contributed by atoms with Crippen molar-refractivity contribution >= 4 is 29.3 Å². The fourth-order valence-electron chi connectivity index (χ4n) is 4.99. The highest BCUT2D eigenvalue weighted by Crippen LogP contribution is 2.49. The Balaban J connectivity index is 1.90. The van der Waals surface area contributed by atoms with Gasteiger partial charge >= 0.3 is 0 Å². The molecule has 3 aliphatic heterocycles. The van der Waals surface area contributed by atoms with Crippen molar-refractivity contribution in [1.82, 2.24) is 4.90 Å². The van der Waals surface area contributed by atoms with Gasteiger partial charge in [0.15, 0.2) is 0 Å². The van der Waals surface area contributed by atoms with Crippen molar-refractivity contribution in [2.45, 2.75) is 44.3 Å². The maximum atomic E-state index is 14.0. The molecule has 9 heteroatoms. The lowest BCUT2D eigenvalue weighted by Gasteiger charge is -2.28. The molecule has 8 nitrogen and oxygen atoms in total. The van der Waals surface area contributed by atoms with Crippen molar-refractivity contribution in [3.8, 4) is 0 Å². The summed E-state index contributed by atoms with van der Waals surface area (Å²) >= 11 is 0. The van der Waals surface area contributed by atoms with E-state index in [4.69, 9.17) is 5.73 Å². The van der Waals surface area contributed by atoms with Gasteiger partial charge in [0.1, 0.15) is 23.7 Å². The normalized spacial score (nSPS) is 31.9. The van der Waals surface area contributed by atoms with E-state index in [2.05, 4.69) is 5.32 Å². The lowest BCUT2D eigenvalue weighted by Crippen LogP contribution is -2.99. The first-order valence-electron chi connectivity index (χ1n) is 9.35. The Labute approximate surface area is 160 Å². The van der Waals surface area contributed by atoms with Crippen molar-refractivity contribution in [2.75, 3.05) is 5.32 Å². The zero-order valence-corrected chi connectivity index (χ0v) is 15.6. The van der Waals surface area contributed by atoms with Crippen molar-refractivity contribution in [3.05, 3.63) is 29.6 Å². The molecule has 0 saturated carbocycles. The van der Waals surface area contributed by atoms with Gasteiger partial charge in [-0.2, -0.15) is 0 Å². The molecule has 1 spiro atoms. The summed E-state index contributed by atoms with van der Waals surface area (Å²) in [4.78, 5) is 52.4. The van der Waals surface area contributed by atoms with Crippen LogP contribution in [0.25, 0.3) is 0 Å². The molecule has 1 aromatic carbocycles. The smallest absolute Gasteiger partial charge is 0.291 e. The van der Waals surface area contributed by atoms with Crippen LogP contribution in [0.4, 0.5) is 10.1 Å². The van der Waals surface area contributed by atoms with E-state index in [1.165, 1.54) is 23.1 Å². The number of anilines is 1. The largest absolute Gasteiger partial charge is 0.369 e. The Bertz CT molecular complexity index is 919. The first-order chi connectivity index (χ1) is 13.2. The molecule has 0 bridgehead atoms. The Morgan fingerprint density at radius 2 is 2.07 bits per heavy atom. The zero-order chi connectivity index (χ0) is 20.4. The van der Waals surface area contributed by atoms with Gasteiger partial charge in [0.25, 0.3) is 5.91 Å². The quantitative estimate of drug-likeness (QED) is 0.583. The Morgan fingerprint density at radius 3 is 2.71 bits per heavy atom. The number of likely N-dealkylation sites (tertiary alicyclic amines) is 1. The number of quaternary nitrogens is 1. The molecule has 3 aliphatic rings. The summed E-state index contributed by atoms with van der Waals surface area (Å²) in [5.74, 6) is -4.40. The molecule has 5 atom stereocenters. The minimum Gasteiger partial charge on any atom is -0.369 e. The molecule has 0 aliphatic carbocycles. The van der Waals surface area contributed by atoms with Crippen LogP contribution < -0.4 is 16.4 Å². The highest BCUT2D eigenvalue weighted by atomic mass is 19.1. The van der Waals surface area contributed by atoms with E-state index in [1.54, 1.807) is 12.2 Å². The number of fused-ring (bicyclic) bond motifs is 4. The molecule has 5 N–H and O–H groups in total. The molecule has 2 saturated heterocycles. The monoisotopic (exact) mass is 389 g/mol. The number of nitrogens with one attached hydrogen (secondary N) is 1. The van der Waals surface area contributed by atoms with E-state index in [9.17, 15) is 23.6 Å². The van der Waals surface area contributed by atoms with Gasteiger partial charge in [-0.15, -0.1) is 0 Å². The number of primary amides is 1. The SMILES string of the molecule is CC[C@@H](C)N1C(=O)[C@@H]2[C@H](CC(N)=O)[NH2+][C@@]3(C(=O)Nc4ccc(F)cc43)[C@@H]2C1=O. The number of benzene rings is 1. The predicted octanol–water partition coefficient (Wildman–Crippen LogP) is -0.806. The second-order valence-corrected chi connectivity index (χ2v) is 7.82. The van der Waals surface area contributed by atoms with Crippen LogP contribution in [0.5, 0.6) is 0 Å². The van der Waals surface area contributed by atoms with Crippen LogP contribution >= 0.6 is 0 Å². The minimum absolute atomic E-state index is 0.159. The van der Waals surface area contributed by atoms with E-state index in [-0.39, 0.29) is 12.5 Å². The van der Waals surface area contributed by atoms with E-state index in [1.807, 2.05) is 6.92 Å². The molecule has 28 heavy (non-hydrogen) atoms. The second-order valence-electron chi connectivity index (χ2n) is 7.82. The van der Waals surface area contributed by atoms with Crippen LogP contribution in [0.3, 0.4) is 0 Å². The van der Waals surface area contributed by atoms with Gasteiger partial charge in [-0.05, 0) is 31.5 Å². The van der Waals surface area contributed by atoms with Gasteiger partial charge in [-0.3, -0.25) is 24.1 Å². The highest BCUT2D eigenvalue weighted by Gasteiger charge is 2.74. The van der Waals surface area contributed by atoms with Gasteiger partial charge in [0, 0.05) is 11.6 Å². The molecule has 4 amide bonds. The van der Waals surface area contributed by atoms with Gasteiger partial charge in [-0.1, -0.05) is 6.92 Å². The number of nitrogens with zero attached hydrogens (tertiary/aromatic N) is 1. The van der Waals surface area contributed by atoms with Crippen LogP contribution in [0.2, 0.25) is 0 Å². The van der Waals surface area contributed by atoms with Crippen molar-refractivity contribution in [2.24, 2.45) is 17.6 Å². The summed E-state index contributed by atoms with van der Waals surface area (Å²) in [5.41, 5.74) is 4.61. The third-order valence-corrected chi connectivity index (χ3v) is 6.33. The number of hydrogen-bond acceptors (Lipinski definition) is 4. The topological polar surface area (TPSA) is 126 Å². The summed E-state index contributed by atoms with van der Waals surface area (Å²) in [6.45, 7) is 3.62. The molecule has 0 unspecified atom stereocenters. The van der Waals surface area contributed by atoms with Crippen LogP contribution in [-0.4, -0.2) is 40.6 Å². The van der Waals surface area contributed by atoms with Gasteiger partial charge in [0.2, 0.25) is 23.3 Å². The first-order valence-corrected chi connectivity index (χ1v) is 9.35. The summed E-state index contributed by atoms with van der Waals surface area (Å²) in [5, 5.41) is 4.27. The number of nitrogens with two attached hydrogens (primary N) is 2. The van der Waals surface area contributed by atoms with Crippen LogP contribution in [0.1, 0.15) is 32.3 Å². The summed E-state index contributed by atoms with van der Waals surface area (Å²) in [6.07, 6.45) is 0.403. The Kier molecular flexibility index (Phi) is 4.04. The lowest BCUT2D eigenvalue weighted by molar-refractivity contribution is -0.732. The number of amides is 4. The summed E-state index contributed by atoms with van der Waals surface area (Å²) in [7, 11) is 0. The number of carbonyl (C=O) groups is 4. The first kappa shape index (κ1) is 18.5. The fourth-order valence-corrected chi connectivity index (χ4v) is 4.99. The molecule has 0 aromatic heterocycles. The average molecular weight is 389 g/mol. The van der Waals surface area contributed by atoms with Gasteiger partial charge in [-0.25, -0.2) is 4.39 Å². The molecule has 4 rings (SSSR count). The third-order valence-electron chi connectivity index (χ3n) is 6.33. The molecule has 148 valence electrons. The Morgan fingerprint density at radius 1 is 1.36 bits per heavy atom. The van der Waals surface area contributed by atoms with E-state index >= 15 is 0 Å². The van der Waals surface area contributed by atoms with Crippen molar-refractivity contribution in [1.29, 1.82) is 0 Å². The molecule has 0 radical (unpaired) electrons. The van der Waals surface area contributed by atoms with Crippen molar-refractivity contribution < 1.29 is 28.9 Å². The minimum atomic E-state index is -1.49. The van der Waals surface area contributed by atoms with Crippen molar-refractivity contribution in [3.63, 3.8) is 0 Å². The average Bonchev–Trinajstić information content (AvgIpc) is 3.20. The predicted molar refractivity (Wildman–Crippen MR) is 94.8 cm³/mol. The molecular formula is C19H22FN4O4+. The number of halogens is 1. The standard InChI is InChI=1S/C19H21FN4O4/c1-3-8(2)24-16(26)14-12(7-13(21)25)23-19(15(14)17(24)27)10-6-9(20)4-5-11(10)22-18(19)28/h4-6,8,12,14-15,23H,3,7H2,1-2H3,(H2,21,25)(H,22,28)/p+1/t8-,12+,14-,15+,19-/m1/s1. The van der Waals surface area contributed by atoms with Gasteiger partial charge in [0.05, 0.1) is 12.1 Å². The number of carbonyl (C=O) groups excluding carboxylic acids is 4. The van der Waals surface area contributed by atoms with Gasteiger partial charge < -0.3 is 16.4 Å². The van der Waals surface area contributed by atoms with Crippen LogP contribution in [0.15, 0.2) is 18.2 Å². The van der Waals surface area contributed by atoms with E-state index < -0.39 is 52.9 Å². The maximum Gasteiger partial charge on any atom is 0.291 e. The third kappa shape index (κ3) is 2.25. The molecule has 3 heterocycles. The van der Waals surface area contributed by atoms with E-state index in [0.717, 1.165) is 0 Å².